The van der Waals surface area contributed by atoms with E-state index in [0.29, 0.717) is 0 Å². The van der Waals surface area contributed by atoms with Crippen LogP contribution in [0.3, 0.4) is 0 Å². The van der Waals surface area contributed by atoms with E-state index >= 15 is 0 Å². The molecule has 0 saturated carbocycles. The first kappa shape index (κ1) is 16.9. The topological polar surface area (TPSA) is 18.5 Å². The fourth-order valence-electron chi connectivity index (χ4n) is 2.26. The lowest BCUT2D eigenvalue weighted by Gasteiger charge is -2.24. The van der Waals surface area contributed by atoms with Gasteiger partial charge in [0.05, 0.1) is 0 Å². The summed E-state index contributed by atoms with van der Waals surface area (Å²) in [4.78, 5) is 4.59. The predicted octanol–water partition coefficient (Wildman–Crippen LogP) is 2.58. The molecule has 0 aliphatic heterocycles. The maximum absolute atomic E-state index is 13.2. The zero-order chi connectivity index (χ0) is 14.8. The van der Waals surface area contributed by atoms with E-state index in [1.165, 1.54) is 6.07 Å². The summed E-state index contributed by atoms with van der Waals surface area (Å²) in [5, 5.41) is 3.46. The first-order chi connectivity index (χ1) is 9.71. The van der Waals surface area contributed by atoms with Crippen LogP contribution in [-0.4, -0.2) is 50.7 Å². The lowest BCUT2D eigenvalue weighted by atomic mass is 10.2. The monoisotopic (exact) mass is 281 g/mol. The highest BCUT2D eigenvalue weighted by Gasteiger charge is 2.04. The van der Waals surface area contributed by atoms with Gasteiger partial charge in [-0.05, 0) is 38.2 Å². The van der Waals surface area contributed by atoms with E-state index in [2.05, 4.69) is 35.9 Å². The Balaban J connectivity index is 2.28. The van der Waals surface area contributed by atoms with Crippen molar-refractivity contribution in [2.75, 3.05) is 50.7 Å². The maximum Gasteiger partial charge on any atom is 0.125 e. The molecular formula is C16H28FN3. The van der Waals surface area contributed by atoms with Gasteiger partial charge in [-0.1, -0.05) is 19.9 Å². The minimum atomic E-state index is -0.171. The molecule has 0 heterocycles. The van der Waals surface area contributed by atoms with E-state index in [0.717, 1.165) is 51.5 Å². The Morgan fingerprint density at radius 2 is 1.70 bits per heavy atom. The molecule has 20 heavy (non-hydrogen) atoms. The van der Waals surface area contributed by atoms with Crippen molar-refractivity contribution in [1.82, 2.24) is 10.2 Å². The SMILES string of the molecule is CCN(CC)CCNCCN(CC)c1cccc(F)c1. The molecule has 1 aromatic rings. The van der Waals surface area contributed by atoms with E-state index in [9.17, 15) is 4.39 Å². The Kier molecular flexibility index (Phi) is 8.23. The van der Waals surface area contributed by atoms with Crippen LogP contribution in [-0.2, 0) is 0 Å². The van der Waals surface area contributed by atoms with Gasteiger partial charge in [-0.25, -0.2) is 4.39 Å². The molecule has 0 unspecified atom stereocenters. The molecule has 114 valence electrons. The van der Waals surface area contributed by atoms with Gasteiger partial charge < -0.3 is 15.1 Å². The third-order valence-electron chi connectivity index (χ3n) is 3.61. The molecule has 0 radical (unpaired) electrons. The Morgan fingerprint density at radius 1 is 1.00 bits per heavy atom. The van der Waals surface area contributed by atoms with Crippen LogP contribution < -0.4 is 10.2 Å². The number of hydrogen-bond donors (Lipinski definition) is 1. The van der Waals surface area contributed by atoms with Crippen molar-refractivity contribution < 1.29 is 4.39 Å². The van der Waals surface area contributed by atoms with E-state index in [4.69, 9.17) is 0 Å². The lowest BCUT2D eigenvalue weighted by molar-refractivity contribution is 0.303. The summed E-state index contributed by atoms with van der Waals surface area (Å²) in [6.45, 7) is 13.5. The van der Waals surface area contributed by atoms with Crippen molar-refractivity contribution in [2.24, 2.45) is 0 Å². The Hall–Kier alpha value is -1.13. The molecule has 0 amide bonds. The van der Waals surface area contributed by atoms with Crippen LogP contribution in [0.4, 0.5) is 10.1 Å². The molecule has 4 heteroatoms. The molecule has 1 N–H and O–H groups in total. The Labute approximate surface area is 122 Å². The van der Waals surface area contributed by atoms with Gasteiger partial charge in [-0.3, -0.25) is 0 Å². The van der Waals surface area contributed by atoms with Crippen LogP contribution in [0.1, 0.15) is 20.8 Å². The van der Waals surface area contributed by atoms with Crippen molar-refractivity contribution in [3.8, 4) is 0 Å². The quantitative estimate of drug-likeness (QED) is 0.665. The molecule has 1 rings (SSSR count). The Bertz CT molecular complexity index is 366. The van der Waals surface area contributed by atoms with Crippen molar-refractivity contribution in [3.05, 3.63) is 30.1 Å². The molecule has 0 saturated heterocycles. The second-order valence-electron chi connectivity index (χ2n) is 4.84. The first-order valence-electron chi connectivity index (χ1n) is 7.64. The summed E-state index contributed by atoms with van der Waals surface area (Å²) in [5.41, 5.74) is 0.957. The molecule has 0 aliphatic rings. The largest absolute Gasteiger partial charge is 0.370 e. The lowest BCUT2D eigenvalue weighted by Crippen LogP contribution is -2.36. The van der Waals surface area contributed by atoms with Crippen LogP contribution in [0.25, 0.3) is 0 Å². The zero-order valence-electron chi connectivity index (χ0n) is 13.0. The molecule has 0 fully saturated rings. The van der Waals surface area contributed by atoms with Gasteiger partial charge in [0, 0.05) is 38.4 Å². The van der Waals surface area contributed by atoms with E-state index < -0.39 is 0 Å². The normalized spacial score (nSPS) is 11.1. The highest BCUT2D eigenvalue weighted by molar-refractivity contribution is 5.46. The number of hydrogen-bond acceptors (Lipinski definition) is 3. The zero-order valence-corrected chi connectivity index (χ0v) is 13.0. The van der Waals surface area contributed by atoms with Crippen molar-refractivity contribution >= 4 is 5.69 Å². The smallest absolute Gasteiger partial charge is 0.125 e. The number of nitrogens with one attached hydrogen (secondary N) is 1. The van der Waals surface area contributed by atoms with E-state index in [1.54, 1.807) is 12.1 Å². The number of nitrogens with zero attached hydrogens (tertiary/aromatic N) is 2. The van der Waals surface area contributed by atoms with Gasteiger partial charge in [-0.15, -0.1) is 0 Å². The molecule has 0 aliphatic carbocycles. The second-order valence-corrected chi connectivity index (χ2v) is 4.84. The molecule has 0 bridgehead atoms. The standard InChI is InChI=1S/C16H28FN3/c1-4-19(5-2)12-10-18-11-13-20(6-3)16-9-7-8-15(17)14-16/h7-9,14,18H,4-6,10-13H2,1-3H3. The molecule has 1 aromatic carbocycles. The van der Waals surface area contributed by atoms with E-state index in [-0.39, 0.29) is 5.82 Å². The van der Waals surface area contributed by atoms with Crippen molar-refractivity contribution in [3.63, 3.8) is 0 Å². The summed E-state index contributed by atoms with van der Waals surface area (Å²) in [7, 11) is 0. The summed E-state index contributed by atoms with van der Waals surface area (Å²) in [6, 6.07) is 6.81. The molecule has 3 nitrogen and oxygen atoms in total. The third-order valence-corrected chi connectivity index (χ3v) is 3.61. The first-order valence-corrected chi connectivity index (χ1v) is 7.64. The second kappa shape index (κ2) is 9.72. The minimum absolute atomic E-state index is 0.171. The van der Waals surface area contributed by atoms with Crippen LogP contribution in [0.5, 0.6) is 0 Å². The maximum atomic E-state index is 13.2. The molecule has 0 spiro atoms. The van der Waals surface area contributed by atoms with Gasteiger partial charge >= 0.3 is 0 Å². The van der Waals surface area contributed by atoms with Gasteiger partial charge in [0.1, 0.15) is 5.82 Å². The number of rotatable bonds is 10. The summed E-state index contributed by atoms with van der Waals surface area (Å²) in [6.07, 6.45) is 0. The average molecular weight is 281 g/mol. The van der Waals surface area contributed by atoms with Gasteiger partial charge in [0.2, 0.25) is 0 Å². The van der Waals surface area contributed by atoms with E-state index in [1.807, 2.05) is 6.07 Å². The molecule has 0 aromatic heterocycles. The van der Waals surface area contributed by atoms with Crippen LogP contribution in [0.15, 0.2) is 24.3 Å². The van der Waals surface area contributed by atoms with Crippen LogP contribution in [0, 0.1) is 5.82 Å². The fraction of sp³-hybridized carbons (Fsp3) is 0.625. The summed E-state index contributed by atoms with van der Waals surface area (Å²) in [5.74, 6) is -0.171. The molecule has 0 atom stereocenters. The number of likely N-dealkylation sites (N-methyl/N-ethyl adjacent to an activating group) is 2. The number of benzene rings is 1. The number of halogens is 1. The summed E-state index contributed by atoms with van der Waals surface area (Å²) < 4.78 is 13.2. The van der Waals surface area contributed by atoms with Crippen molar-refractivity contribution in [2.45, 2.75) is 20.8 Å². The molecular weight excluding hydrogens is 253 g/mol. The Morgan fingerprint density at radius 3 is 2.30 bits per heavy atom. The van der Waals surface area contributed by atoms with Gasteiger partial charge in [0.15, 0.2) is 0 Å². The predicted molar refractivity (Wildman–Crippen MR) is 84.9 cm³/mol. The van der Waals surface area contributed by atoms with Crippen molar-refractivity contribution in [1.29, 1.82) is 0 Å². The highest BCUT2D eigenvalue weighted by Crippen LogP contribution is 2.14. The third kappa shape index (κ3) is 5.88. The fourth-order valence-corrected chi connectivity index (χ4v) is 2.26. The van der Waals surface area contributed by atoms with Crippen LogP contribution in [0.2, 0.25) is 0 Å². The average Bonchev–Trinajstić information content (AvgIpc) is 2.47. The minimum Gasteiger partial charge on any atom is -0.370 e. The van der Waals surface area contributed by atoms with Crippen LogP contribution >= 0.6 is 0 Å². The highest BCUT2D eigenvalue weighted by atomic mass is 19.1. The summed E-state index contributed by atoms with van der Waals surface area (Å²) >= 11 is 0. The van der Waals surface area contributed by atoms with Gasteiger partial charge in [-0.2, -0.15) is 0 Å². The number of anilines is 1. The van der Waals surface area contributed by atoms with Gasteiger partial charge in [0.25, 0.3) is 0 Å².